The van der Waals surface area contributed by atoms with Gasteiger partial charge in [-0.1, -0.05) is 24.6 Å². The van der Waals surface area contributed by atoms with Crippen LogP contribution in [0.2, 0.25) is 5.02 Å². The van der Waals surface area contributed by atoms with Crippen molar-refractivity contribution < 1.29 is 17.9 Å². The molecule has 17 heavy (non-hydrogen) atoms. The van der Waals surface area contributed by atoms with Crippen molar-refractivity contribution in [3.05, 3.63) is 28.8 Å². The highest BCUT2D eigenvalue weighted by molar-refractivity contribution is 6.32. The van der Waals surface area contributed by atoms with Gasteiger partial charge in [0.15, 0.2) is 0 Å². The molecule has 0 amide bonds. The van der Waals surface area contributed by atoms with Crippen LogP contribution < -0.4 is 10.5 Å². The summed E-state index contributed by atoms with van der Waals surface area (Å²) < 4.78 is 39.6. The van der Waals surface area contributed by atoms with Gasteiger partial charge in [-0.25, -0.2) is 0 Å². The van der Waals surface area contributed by atoms with Crippen LogP contribution in [-0.4, -0.2) is 6.36 Å². The number of nitrogens with two attached hydrogens (primary N) is 1. The minimum absolute atomic E-state index is 0. The number of hydrogen-bond acceptors (Lipinski definition) is 2. The van der Waals surface area contributed by atoms with E-state index in [1.165, 1.54) is 18.2 Å². The van der Waals surface area contributed by atoms with E-state index in [4.69, 9.17) is 17.3 Å². The molecule has 7 heteroatoms. The minimum Gasteiger partial charge on any atom is -0.404 e. The quantitative estimate of drug-likeness (QED) is 0.910. The van der Waals surface area contributed by atoms with Crippen LogP contribution in [0.4, 0.5) is 13.2 Å². The summed E-state index contributed by atoms with van der Waals surface area (Å²) in [5.74, 6) is -0.416. The molecule has 1 aromatic carbocycles. The predicted octanol–water partition coefficient (Wildman–Crippen LogP) is 4.07. The van der Waals surface area contributed by atoms with Gasteiger partial charge in [-0.05, 0) is 24.1 Å². The first-order valence-corrected chi connectivity index (χ1v) is 5.02. The van der Waals surface area contributed by atoms with Crippen molar-refractivity contribution in [2.45, 2.75) is 25.7 Å². The van der Waals surface area contributed by atoms with Gasteiger partial charge >= 0.3 is 6.36 Å². The fourth-order valence-electron chi connectivity index (χ4n) is 1.19. The lowest BCUT2D eigenvalue weighted by Gasteiger charge is -2.13. The maximum absolute atomic E-state index is 11.9. The van der Waals surface area contributed by atoms with Gasteiger partial charge in [0, 0.05) is 6.04 Å². The number of hydrogen-bond donors (Lipinski definition) is 1. The molecule has 1 aromatic rings. The highest BCUT2D eigenvalue weighted by Crippen LogP contribution is 2.32. The van der Waals surface area contributed by atoms with E-state index in [1.54, 1.807) is 0 Å². The molecule has 0 spiro atoms. The van der Waals surface area contributed by atoms with Crippen LogP contribution in [0, 0.1) is 0 Å². The van der Waals surface area contributed by atoms with E-state index in [1.807, 2.05) is 6.92 Å². The Hall–Kier alpha value is -0.650. The third-order valence-corrected chi connectivity index (χ3v) is 2.34. The van der Waals surface area contributed by atoms with Crippen molar-refractivity contribution >= 4 is 24.0 Å². The van der Waals surface area contributed by atoms with Crippen LogP contribution in [-0.2, 0) is 0 Å². The zero-order valence-electron chi connectivity index (χ0n) is 8.92. The Labute approximate surface area is 108 Å². The Morgan fingerprint density at radius 1 is 1.41 bits per heavy atom. The Kier molecular flexibility index (Phi) is 6.09. The van der Waals surface area contributed by atoms with Crippen molar-refractivity contribution in [2.75, 3.05) is 0 Å². The highest BCUT2D eigenvalue weighted by Gasteiger charge is 2.32. The van der Waals surface area contributed by atoms with Gasteiger partial charge in [0.1, 0.15) is 5.75 Å². The molecule has 0 aromatic heterocycles. The first kappa shape index (κ1) is 16.4. The SMILES string of the molecule is CC[C@@H](N)c1ccc(OC(F)(F)F)c(Cl)c1.Cl. The fraction of sp³-hybridized carbons (Fsp3) is 0.400. The maximum Gasteiger partial charge on any atom is 0.573 e. The van der Waals surface area contributed by atoms with Gasteiger partial charge in [0.2, 0.25) is 0 Å². The van der Waals surface area contributed by atoms with E-state index in [9.17, 15) is 13.2 Å². The first-order chi connectivity index (χ1) is 7.33. The number of benzene rings is 1. The first-order valence-electron chi connectivity index (χ1n) is 4.64. The van der Waals surface area contributed by atoms with E-state index in [-0.39, 0.29) is 23.5 Å². The fourth-order valence-corrected chi connectivity index (χ4v) is 1.42. The van der Waals surface area contributed by atoms with Crippen molar-refractivity contribution in [3.8, 4) is 5.75 Å². The molecule has 0 unspecified atom stereocenters. The maximum atomic E-state index is 11.9. The molecule has 0 aliphatic heterocycles. The summed E-state index contributed by atoms with van der Waals surface area (Å²) >= 11 is 5.66. The average Bonchev–Trinajstić information content (AvgIpc) is 2.18. The Balaban J connectivity index is 0.00000256. The summed E-state index contributed by atoms with van der Waals surface area (Å²) in [4.78, 5) is 0. The zero-order valence-corrected chi connectivity index (χ0v) is 10.5. The monoisotopic (exact) mass is 289 g/mol. The molecular formula is C10H12Cl2F3NO. The van der Waals surface area contributed by atoms with Crippen molar-refractivity contribution in [2.24, 2.45) is 5.73 Å². The lowest BCUT2D eigenvalue weighted by molar-refractivity contribution is -0.274. The van der Waals surface area contributed by atoms with Gasteiger partial charge < -0.3 is 10.5 Å². The molecule has 0 heterocycles. The van der Waals surface area contributed by atoms with Crippen LogP contribution in [0.25, 0.3) is 0 Å². The van der Waals surface area contributed by atoms with Gasteiger partial charge in [0.05, 0.1) is 5.02 Å². The van der Waals surface area contributed by atoms with Gasteiger partial charge in [-0.15, -0.1) is 25.6 Å². The summed E-state index contributed by atoms with van der Waals surface area (Å²) in [5.41, 5.74) is 6.40. The van der Waals surface area contributed by atoms with Crippen molar-refractivity contribution in [3.63, 3.8) is 0 Å². The van der Waals surface area contributed by atoms with E-state index in [0.29, 0.717) is 12.0 Å². The third-order valence-electron chi connectivity index (χ3n) is 2.05. The van der Waals surface area contributed by atoms with Crippen LogP contribution >= 0.6 is 24.0 Å². The Morgan fingerprint density at radius 2 is 2.00 bits per heavy atom. The molecular weight excluding hydrogens is 278 g/mol. The predicted molar refractivity (Wildman–Crippen MR) is 62.6 cm³/mol. The molecule has 0 aliphatic carbocycles. The average molecular weight is 290 g/mol. The molecule has 0 saturated carbocycles. The molecule has 0 saturated heterocycles. The van der Waals surface area contributed by atoms with Gasteiger partial charge in [-0.3, -0.25) is 0 Å². The summed E-state index contributed by atoms with van der Waals surface area (Å²) in [6.45, 7) is 1.87. The van der Waals surface area contributed by atoms with E-state index >= 15 is 0 Å². The van der Waals surface area contributed by atoms with Crippen molar-refractivity contribution in [1.29, 1.82) is 0 Å². The largest absolute Gasteiger partial charge is 0.573 e. The summed E-state index contributed by atoms with van der Waals surface area (Å²) in [6.07, 6.45) is -4.06. The molecule has 0 radical (unpaired) electrons. The van der Waals surface area contributed by atoms with E-state index in [0.717, 1.165) is 0 Å². The molecule has 2 nitrogen and oxygen atoms in total. The molecule has 2 N–H and O–H groups in total. The highest BCUT2D eigenvalue weighted by atomic mass is 35.5. The van der Waals surface area contributed by atoms with Gasteiger partial charge in [0.25, 0.3) is 0 Å². The lowest BCUT2D eigenvalue weighted by atomic mass is 10.1. The Bertz CT molecular complexity index is 371. The van der Waals surface area contributed by atoms with E-state index < -0.39 is 12.1 Å². The second-order valence-electron chi connectivity index (χ2n) is 3.25. The molecule has 0 bridgehead atoms. The molecule has 98 valence electrons. The Morgan fingerprint density at radius 3 is 2.41 bits per heavy atom. The molecule has 0 fully saturated rings. The topological polar surface area (TPSA) is 35.2 Å². The number of halogens is 5. The van der Waals surface area contributed by atoms with E-state index in [2.05, 4.69) is 4.74 Å². The third kappa shape index (κ3) is 5.02. The summed E-state index contributed by atoms with van der Waals surface area (Å²) in [5, 5.41) is -0.0984. The summed E-state index contributed by atoms with van der Waals surface area (Å²) in [7, 11) is 0. The zero-order chi connectivity index (χ0) is 12.3. The second kappa shape index (κ2) is 6.33. The van der Waals surface area contributed by atoms with Crippen LogP contribution in [0.5, 0.6) is 5.75 Å². The van der Waals surface area contributed by atoms with Crippen LogP contribution in [0.1, 0.15) is 24.9 Å². The normalized spacial score (nSPS) is 12.8. The minimum atomic E-state index is -4.74. The summed E-state index contributed by atoms with van der Waals surface area (Å²) in [6, 6.07) is 3.79. The standard InChI is InChI=1S/C10H11ClF3NO.ClH/c1-2-8(15)6-3-4-9(7(11)5-6)16-10(12,13)14;/h3-5,8H,2,15H2,1H3;1H/t8-;/m1./s1. The molecule has 1 atom stereocenters. The lowest BCUT2D eigenvalue weighted by Crippen LogP contribution is -2.17. The van der Waals surface area contributed by atoms with Crippen LogP contribution in [0.15, 0.2) is 18.2 Å². The van der Waals surface area contributed by atoms with Gasteiger partial charge in [-0.2, -0.15) is 0 Å². The van der Waals surface area contributed by atoms with Crippen molar-refractivity contribution in [1.82, 2.24) is 0 Å². The number of alkyl halides is 3. The number of ether oxygens (including phenoxy) is 1. The van der Waals surface area contributed by atoms with Crippen LogP contribution in [0.3, 0.4) is 0 Å². The number of rotatable bonds is 3. The second-order valence-corrected chi connectivity index (χ2v) is 3.66. The smallest absolute Gasteiger partial charge is 0.404 e. The molecule has 1 rings (SSSR count). The molecule has 0 aliphatic rings.